The Bertz CT molecular complexity index is 509. The molecule has 92 valence electrons. The van der Waals surface area contributed by atoms with Crippen molar-refractivity contribution in [2.45, 2.75) is 11.8 Å². The molecule has 0 bridgehead atoms. The molecule has 0 aliphatic heterocycles. The van der Waals surface area contributed by atoms with E-state index in [9.17, 15) is 0 Å². The Morgan fingerprint density at radius 1 is 0.833 bits per heavy atom. The minimum atomic E-state index is 0.517. The van der Waals surface area contributed by atoms with Gasteiger partial charge in [-0.25, -0.2) is 0 Å². The summed E-state index contributed by atoms with van der Waals surface area (Å²) in [5.74, 6) is 1.03. The standard InChI is InChI=1S/C16H14Cl2/c1-12(15-6-2-4-13(8-15)10-17)16-7-3-5-14(9-16)11-18/h2-9H,1,10-11H2. The molecule has 0 N–H and O–H groups in total. The second-order valence-electron chi connectivity index (χ2n) is 4.15. The molecule has 2 rings (SSSR count). The van der Waals surface area contributed by atoms with Crippen molar-refractivity contribution in [3.05, 3.63) is 77.4 Å². The lowest BCUT2D eigenvalue weighted by atomic mass is 9.97. The monoisotopic (exact) mass is 276 g/mol. The minimum Gasteiger partial charge on any atom is -0.122 e. The zero-order valence-electron chi connectivity index (χ0n) is 10.00. The molecule has 0 unspecified atom stereocenters. The summed E-state index contributed by atoms with van der Waals surface area (Å²) in [6.07, 6.45) is 0. The van der Waals surface area contributed by atoms with E-state index < -0.39 is 0 Å². The normalized spacial score (nSPS) is 10.3. The topological polar surface area (TPSA) is 0 Å². The number of benzene rings is 2. The van der Waals surface area contributed by atoms with Crippen LogP contribution in [-0.2, 0) is 11.8 Å². The molecule has 0 fully saturated rings. The van der Waals surface area contributed by atoms with Gasteiger partial charge < -0.3 is 0 Å². The largest absolute Gasteiger partial charge is 0.122 e. The third-order valence-electron chi connectivity index (χ3n) is 2.86. The van der Waals surface area contributed by atoms with Gasteiger partial charge in [-0.1, -0.05) is 43.0 Å². The molecule has 0 spiro atoms. The van der Waals surface area contributed by atoms with Crippen LogP contribution in [0.2, 0.25) is 0 Å². The number of rotatable bonds is 4. The molecule has 2 aromatic carbocycles. The molecular weight excluding hydrogens is 263 g/mol. The summed E-state index contributed by atoms with van der Waals surface area (Å²) in [6.45, 7) is 4.16. The van der Waals surface area contributed by atoms with Crippen LogP contribution in [0, 0.1) is 0 Å². The minimum absolute atomic E-state index is 0.517. The first kappa shape index (κ1) is 13.2. The average molecular weight is 277 g/mol. The van der Waals surface area contributed by atoms with E-state index in [1.165, 1.54) is 0 Å². The van der Waals surface area contributed by atoms with Gasteiger partial charge in [0.1, 0.15) is 0 Å². The number of hydrogen-bond acceptors (Lipinski definition) is 0. The first-order chi connectivity index (χ1) is 8.74. The van der Waals surface area contributed by atoms with E-state index in [4.69, 9.17) is 23.2 Å². The Kier molecular flexibility index (Phi) is 4.46. The van der Waals surface area contributed by atoms with Gasteiger partial charge in [0.2, 0.25) is 0 Å². The molecule has 0 aromatic heterocycles. The van der Waals surface area contributed by atoms with Crippen LogP contribution < -0.4 is 0 Å². The molecule has 2 heteroatoms. The summed E-state index contributed by atoms with van der Waals surface area (Å²) in [5.41, 5.74) is 5.39. The lowest BCUT2D eigenvalue weighted by Crippen LogP contribution is -1.89. The van der Waals surface area contributed by atoms with Crippen molar-refractivity contribution in [1.29, 1.82) is 0 Å². The Morgan fingerprint density at radius 2 is 1.28 bits per heavy atom. The van der Waals surface area contributed by atoms with E-state index in [0.717, 1.165) is 27.8 Å². The van der Waals surface area contributed by atoms with Crippen molar-refractivity contribution in [2.24, 2.45) is 0 Å². The van der Waals surface area contributed by atoms with Gasteiger partial charge in [-0.2, -0.15) is 0 Å². The zero-order chi connectivity index (χ0) is 13.0. The highest BCUT2D eigenvalue weighted by Gasteiger charge is 2.04. The molecule has 18 heavy (non-hydrogen) atoms. The molecule has 0 aliphatic carbocycles. The van der Waals surface area contributed by atoms with Crippen LogP contribution in [0.1, 0.15) is 22.3 Å². The fourth-order valence-corrected chi connectivity index (χ4v) is 2.18. The predicted octanol–water partition coefficient (Wildman–Crippen LogP) is 5.23. The highest BCUT2D eigenvalue weighted by atomic mass is 35.5. The number of hydrogen-bond donors (Lipinski definition) is 0. The van der Waals surface area contributed by atoms with E-state index in [1.807, 2.05) is 36.4 Å². The highest BCUT2D eigenvalue weighted by Crippen LogP contribution is 2.24. The van der Waals surface area contributed by atoms with Crippen molar-refractivity contribution < 1.29 is 0 Å². The Morgan fingerprint density at radius 3 is 1.67 bits per heavy atom. The van der Waals surface area contributed by atoms with Crippen molar-refractivity contribution in [3.63, 3.8) is 0 Å². The van der Waals surface area contributed by atoms with Gasteiger partial charge >= 0.3 is 0 Å². The summed E-state index contributed by atoms with van der Waals surface area (Å²) in [7, 11) is 0. The van der Waals surface area contributed by atoms with E-state index >= 15 is 0 Å². The molecular formula is C16H14Cl2. The third kappa shape index (κ3) is 2.95. The Labute approximate surface area is 118 Å². The fourth-order valence-electron chi connectivity index (χ4n) is 1.85. The van der Waals surface area contributed by atoms with Crippen LogP contribution in [0.5, 0.6) is 0 Å². The summed E-state index contributed by atoms with van der Waals surface area (Å²) < 4.78 is 0. The molecule has 2 aromatic rings. The summed E-state index contributed by atoms with van der Waals surface area (Å²) in [4.78, 5) is 0. The first-order valence-corrected chi connectivity index (χ1v) is 6.81. The molecule has 0 aliphatic rings. The molecule has 0 heterocycles. The number of alkyl halides is 2. The maximum Gasteiger partial charge on any atom is 0.0474 e. The van der Waals surface area contributed by atoms with Gasteiger partial charge in [-0.05, 0) is 40.0 Å². The maximum atomic E-state index is 5.85. The first-order valence-electron chi connectivity index (χ1n) is 5.74. The van der Waals surface area contributed by atoms with Gasteiger partial charge in [-0.3, -0.25) is 0 Å². The lowest BCUT2D eigenvalue weighted by Gasteiger charge is -2.09. The van der Waals surface area contributed by atoms with Crippen LogP contribution >= 0.6 is 23.2 Å². The van der Waals surface area contributed by atoms with Crippen molar-refractivity contribution >= 4 is 28.8 Å². The molecule has 0 saturated carbocycles. The highest BCUT2D eigenvalue weighted by molar-refractivity contribution is 6.17. The average Bonchev–Trinajstić information content (AvgIpc) is 2.46. The summed E-state index contributed by atoms with van der Waals surface area (Å²) >= 11 is 11.7. The zero-order valence-corrected chi connectivity index (χ0v) is 11.5. The second kappa shape index (κ2) is 6.08. The molecule has 0 amide bonds. The second-order valence-corrected chi connectivity index (χ2v) is 4.68. The number of halogens is 2. The van der Waals surface area contributed by atoms with Crippen LogP contribution in [0.25, 0.3) is 5.57 Å². The van der Waals surface area contributed by atoms with Crippen LogP contribution in [-0.4, -0.2) is 0 Å². The van der Waals surface area contributed by atoms with Crippen molar-refractivity contribution in [2.75, 3.05) is 0 Å². The quantitative estimate of drug-likeness (QED) is 0.671. The van der Waals surface area contributed by atoms with Gasteiger partial charge in [-0.15, -0.1) is 23.2 Å². The van der Waals surface area contributed by atoms with Gasteiger partial charge in [0, 0.05) is 11.8 Å². The van der Waals surface area contributed by atoms with Crippen LogP contribution in [0.3, 0.4) is 0 Å². The molecule has 0 nitrogen and oxygen atoms in total. The van der Waals surface area contributed by atoms with Crippen molar-refractivity contribution in [3.8, 4) is 0 Å². The Hall–Kier alpha value is -1.24. The predicted molar refractivity (Wildman–Crippen MR) is 80.1 cm³/mol. The lowest BCUT2D eigenvalue weighted by molar-refractivity contribution is 1.37. The third-order valence-corrected chi connectivity index (χ3v) is 3.48. The SMILES string of the molecule is C=C(c1cccc(CCl)c1)c1cccc(CCl)c1. The fraction of sp³-hybridized carbons (Fsp3) is 0.125. The summed E-state index contributed by atoms with van der Waals surface area (Å²) in [6, 6.07) is 16.3. The van der Waals surface area contributed by atoms with Gasteiger partial charge in [0.05, 0.1) is 0 Å². The van der Waals surface area contributed by atoms with Crippen LogP contribution in [0.4, 0.5) is 0 Å². The van der Waals surface area contributed by atoms with E-state index in [0.29, 0.717) is 11.8 Å². The van der Waals surface area contributed by atoms with Gasteiger partial charge in [0.15, 0.2) is 0 Å². The van der Waals surface area contributed by atoms with E-state index in [2.05, 4.69) is 18.7 Å². The van der Waals surface area contributed by atoms with E-state index in [1.54, 1.807) is 0 Å². The van der Waals surface area contributed by atoms with Crippen molar-refractivity contribution in [1.82, 2.24) is 0 Å². The maximum absolute atomic E-state index is 5.85. The van der Waals surface area contributed by atoms with Gasteiger partial charge in [0.25, 0.3) is 0 Å². The van der Waals surface area contributed by atoms with E-state index in [-0.39, 0.29) is 0 Å². The summed E-state index contributed by atoms with van der Waals surface area (Å²) in [5, 5.41) is 0. The smallest absolute Gasteiger partial charge is 0.0474 e. The molecule has 0 atom stereocenters. The van der Waals surface area contributed by atoms with Crippen LogP contribution in [0.15, 0.2) is 55.1 Å². The molecule has 0 saturated heterocycles. The Balaban J connectivity index is 2.34. The molecule has 0 radical (unpaired) electrons.